The zero-order valence-electron chi connectivity index (χ0n) is 5.01. The summed E-state index contributed by atoms with van der Waals surface area (Å²) in [6.45, 7) is 0. The van der Waals surface area contributed by atoms with Gasteiger partial charge in [-0.3, -0.25) is 0 Å². The van der Waals surface area contributed by atoms with E-state index in [4.69, 9.17) is 10.7 Å². The summed E-state index contributed by atoms with van der Waals surface area (Å²) in [5.41, 5.74) is 0.925. The fourth-order valence-corrected chi connectivity index (χ4v) is 1.23. The van der Waals surface area contributed by atoms with Gasteiger partial charge in [0.2, 0.25) is 0 Å². The zero-order chi connectivity index (χ0) is 6.78. The van der Waals surface area contributed by atoms with Crippen molar-refractivity contribution in [1.82, 2.24) is 0 Å². The molecule has 9 heavy (non-hydrogen) atoms. The molecule has 0 aromatic heterocycles. The van der Waals surface area contributed by atoms with Crippen LogP contribution in [0, 0.1) is 0 Å². The summed E-state index contributed by atoms with van der Waals surface area (Å²) in [4.78, 5) is 0. The van der Waals surface area contributed by atoms with Crippen molar-refractivity contribution in [2.24, 2.45) is 0 Å². The molecule has 0 spiro atoms. The monoisotopic (exact) mass is 191 g/mol. The highest BCUT2D eigenvalue weighted by atomic mass is 35.7. The zero-order valence-corrected chi connectivity index (χ0v) is 7.33. The van der Waals surface area contributed by atoms with Crippen molar-refractivity contribution in [2.45, 2.75) is 0 Å². The molecule has 0 aromatic rings. The van der Waals surface area contributed by atoms with E-state index in [1.807, 2.05) is 0 Å². The molecule has 0 bridgehead atoms. The Morgan fingerprint density at radius 3 is 1.78 bits per heavy atom. The maximum atomic E-state index is 10.1. The fourth-order valence-electron chi connectivity index (χ4n) is 0.252. The third-order valence-electron chi connectivity index (χ3n) is 0.337. The van der Waals surface area contributed by atoms with Gasteiger partial charge in [-0.1, -0.05) is 0 Å². The molecule has 0 unspecified atom stereocenters. The Kier molecular flexibility index (Phi) is 5.42. The van der Waals surface area contributed by atoms with Gasteiger partial charge in [0.25, 0.3) is 5.55 Å². The van der Waals surface area contributed by atoms with Crippen molar-refractivity contribution in [3.8, 4) is 0 Å². The number of rotatable bonds is 1. The molecule has 0 aliphatic carbocycles. The number of halogens is 2. The van der Waals surface area contributed by atoms with Crippen LogP contribution >= 0.6 is 10.7 Å². The van der Waals surface area contributed by atoms with Gasteiger partial charge < -0.3 is 12.4 Å². The highest BCUT2D eigenvalue weighted by molar-refractivity contribution is 8.24. The van der Waals surface area contributed by atoms with E-state index in [1.54, 1.807) is 14.1 Å². The Morgan fingerprint density at radius 2 is 1.78 bits per heavy atom. The summed E-state index contributed by atoms with van der Waals surface area (Å²) in [5, 5.41) is 0. The Labute approximate surface area is 65.2 Å². The van der Waals surface area contributed by atoms with E-state index < -0.39 is 9.05 Å². The number of hydrogen-bond acceptors (Lipinski definition) is 2. The van der Waals surface area contributed by atoms with Gasteiger partial charge in [0.15, 0.2) is 0 Å². The Balaban J connectivity index is 0. The molecule has 0 aromatic carbocycles. The summed E-state index contributed by atoms with van der Waals surface area (Å²) in [7, 11) is 4.52. The van der Waals surface area contributed by atoms with Crippen LogP contribution in [0.3, 0.4) is 0 Å². The minimum Gasteiger partial charge on any atom is -1.00 e. The van der Waals surface area contributed by atoms with Gasteiger partial charge in [-0.05, 0) is 0 Å². The summed E-state index contributed by atoms with van der Waals surface area (Å²) in [6, 6.07) is 0. The van der Waals surface area contributed by atoms with Crippen LogP contribution in [-0.2, 0) is 9.05 Å². The number of nitrogens with zero attached hydrogens (tertiary/aromatic N) is 1. The minimum atomic E-state index is -3.45. The van der Waals surface area contributed by atoms with E-state index in [-0.39, 0.29) is 12.4 Å². The molecule has 6 heteroatoms. The molecule has 0 N–H and O–H groups in total. The van der Waals surface area contributed by atoms with Crippen molar-refractivity contribution < 1.29 is 25.4 Å². The molecule has 0 radical (unpaired) electrons. The Bertz CT molecular complexity index is 192. The largest absolute Gasteiger partial charge is 1.00 e. The average Bonchev–Trinajstić information content (AvgIpc) is 1.21. The first kappa shape index (κ1) is 11.9. The topological polar surface area (TPSA) is 37.1 Å². The fraction of sp³-hybridized carbons (Fsp3) is 0.667. The van der Waals surface area contributed by atoms with E-state index in [9.17, 15) is 8.42 Å². The Morgan fingerprint density at radius 1 is 1.44 bits per heavy atom. The van der Waals surface area contributed by atoms with Crippen molar-refractivity contribution in [1.29, 1.82) is 0 Å². The first-order valence-electron chi connectivity index (χ1n) is 1.88. The third kappa shape index (κ3) is 11.7. The van der Waals surface area contributed by atoms with E-state index in [0.29, 0.717) is 0 Å². The maximum absolute atomic E-state index is 10.1. The van der Waals surface area contributed by atoms with Crippen LogP contribution in [0.15, 0.2) is 0 Å². The van der Waals surface area contributed by atoms with Crippen molar-refractivity contribution in [2.75, 3.05) is 14.1 Å². The van der Waals surface area contributed by atoms with Gasteiger partial charge in [-0.25, -0.2) is 13.0 Å². The molecule has 0 rings (SSSR count). The van der Waals surface area contributed by atoms with Crippen molar-refractivity contribution in [3.63, 3.8) is 0 Å². The predicted molar refractivity (Wildman–Crippen MR) is 32.9 cm³/mol. The molecule has 0 fully saturated rings. The average molecular weight is 192 g/mol. The normalized spacial score (nSPS) is 9.67. The lowest BCUT2D eigenvalue weighted by Gasteiger charge is -1.79. The highest BCUT2D eigenvalue weighted by Crippen LogP contribution is 1.87. The summed E-state index contributed by atoms with van der Waals surface area (Å²) >= 11 is 0. The molecule has 56 valence electrons. The molecule has 3 nitrogen and oxygen atoms in total. The van der Waals surface area contributed by atoms with E-state index >= 15 is 0 Å². The summed E-state index contributed by atoms with van der Waals surface area (Å²) in [5.74, 6) is 0. The summed E-state index contributed by atoms with van der Waals surface area (Å²) in [6.07, 6.45) is 0. The molecular weight excluding hydrogens is 185 g/mol. The first-order valence-corrected chi connectivity index (χ1v) is 4.25. The summed E-state index contributed by atoms with van der Waals surface area (Å²) < 4.78 is 21.6. The quantitative estimate of drug-likeness (QED) is 0.190. The molecule has 0 aliphatic rings. The molecule has 0 heterocycles. The van der Waals surface area contributed by atoms with Gasteiger partial charge >= 0.3 is 9.05 Å². The van der Waals surface area contributed by atoms with Crippen LogP contribution in [0.25, 0.3) is 0 Å². The minimum absolute atomic E-state index is 0. The number of hydrogen-bond donors (Lipinski definition) is 0. The van der Waals surface area contributed by atoms with Crippen LogP contribution in [0.2, 0.25) is 0 Å². The van der Waals surface area contributed by atoms with Gasteiger partial charge in [-0.15, -0.1) is 0 Å². The maximum Gasteiger partial charge on any atom is 0.313 e. The van der Waals surface area contributed by atoms with E-state index in [0.717, 1.165) is 5.55 Å². The predicted octanol–water partition coefficient (Wildman–Crippen LogP) is -3.14. The van der Waals surface area contributed by atoms with Crippen LogP contribution in [0.1, 0.15) is 0 Å². The van der Waals surface area contributed by atoms with Gasteiger partial charge in [0, 0.05) is 10.7 Å². The van der Waals surface area contributed by atoms with Crippen molar-refractivity contribution in [3.05, 3.63) is 0 Å². The standard InChI is InChI=1S/C3H7ClNO2S.ClH/c1-5(2)3-8(4,6)7;/h3H,1-2H3;1H/q+1;/p-1. The molecular formula is C3H7Cl2NO2S. The molecule has 0 atom stereocenters. The SMILES string of the molecule is C[N+](C)=CS(=O)(=O)Cl.[Cl-]. The van der Waals surface area contributed by atoms with Crippen LogP contribution < -0.4 is 12.4 Å². The molecule has 0 saturated heterocycles. The van der Waals surface area contributed by atoms with E-state index in [2.05, 4.69) is 0 Å². The molecule has 0 saturated carbocycles. The van der Waals surface area contributed by atoms with Crippen LogP contribution in [0.5, 0.6) is 0 Å². The van der Waals surface area contributed by atoms with Gasteiger partial charge in [-0.2, -0.15) is 0 Å². The van der Waals surface area contributed by atoms with Gasteiger partial charge in [0.05, 0.1) is 0 Å². The third-order valence-corrected chi connectivity index (χ3v) is 1.25. The molecule has 0 amide bonds. The lowest BCUT2D eigenvalue weighted by molar-refractivity contribution is -0.456. The molecule has 0 aliphatic heterocycles. The lowest BCUT2D eigenvalue weighted by atomic mass is 11.1. The highest BCUT2D eigenvalue weighted by Gasteiger charge is 2.02. The first-order chi connectivity index (χ1) is 3.42. The Hall–Kier alpha value is 0.200. The lowest BCUT2D eigenvalue weighted by Crippen LogP contribution is -3.00. The second kappa shape index (κ2) is 4.09. The van der Waals surface area contributed by atoms with Gasteiger partial charge in [0.1, 0.15) is 14.1 Å². The van der Waals surface area contributed by atoms with E-state index in [1.165, 1.54) is 4.58 Å². The van der Waals surface area contributed by atoms with Crippen LogP contribution in [0.4, 0.5) is 0 Å². The smallest absolute Gasteiger partial charge is 0.313 e. The second-order valence-corrected chi connectivity index (χ2v) is 4.00. The van der Waals surface area contributed by atoms with Crippen LogP contribution in [-0.4, -0.2) is 32.6 Å². The second-order valence-electron chi connectivity index (χ2n) is 1.54. The van der Waals surface area contributed by atoms with Crippen molar-refractivity contribution >= 4 is 25.3 Å².